The Bertz CT molecular complexity index is 1630. The molecule has 0 radical (unpaired) electrons. The molecule has 1 unspecified atom stereocenters. The van der Waals surface area contributed by atoms with Crippen molar-refractivity contribution in [2.45, 2.75) is 95.8 Å². The van der Waals surface area contributed by atoms with E-state index in [1.807, 2.05) is 19.1 Å². The standard InChI is InChI=1S/C39H56ClN3O6S/c1-27-6-4-14-39(45,16-17-42-18-20-48-21-19-42)33-10-8-30(33)24-43-25-38(13-5-7-31-23-32(40)12-15-37(31,38)3)26-49-35-11-9-29(22-34(35)43)36(44)41-50(46,47)28(27)2/h9,11-12,22-23,27-28,30,33,45H,4-8,10,13-21,24-26H2,1-3H3,(H,41,44)/t27-,28+,30-,33+,37?,38-,39-/m0/s1. The summed E-state index contributed by atoms with van der Waals surface area (Å²) in [6.07, 6.45) is 13.0. The number of anilines is 1. The largest absolute Gasteiger partial charge is 0.491 e. The summed E-state index contributed by atoms with van der Waals surface area (Å²) in [5, 5.41) is 12.7. The molecule has 1 amide bonds. The number of halogens is 1. The number of amides is 1. The number of fused-ring (bicyclic) bond motifs is 4. The highest BCUT2D eigenvalue weighted by Gasteiger charge is 2.55. The molecule has 3 aliphatic carbocycles. The minimum Gasteiger partial charge on any atom is -0.491 e. The molecule has 1 saturated heterocycles. The minimum absolute atomic E-state index is 0.136. The van der Waals surface area contributed by atoms with Crippen molar-refractivity contribution >= 4 is 33.2 Å². The maximum absolute atomic E-state index is 13.6. The van der Waals surface area contributed by atoms with E-state index in [0.717, 1.165) is 102 Å². The third-order valence-electron chi connectivity index (χ3n) is 13.9. The molecular formula is C39H56ClN3O6S. The second-order valence-electron chi connectivity index (χ2n) is 16.6. The van der Waals surface area contributed by atoms with Crippen LogP contribution >= 0.6 is 11.6 Å². The van der Waals surface area contributed by atoms with E-state index in [-0.39, 0.29) is 28.6 Å². The Morgan fingerprint density at radius 3 is 2.66 bits per heavy atom. The molecule has 2 N–H and O–H groups in total. The molecule has 7 rings (SSSR count). The lowest BCUT2D eigenvalue weighted by Crippen LogP contribution is -2.56. The number of benzene rings is 1. The third kappa shape index (κ3) is 6.77. The highest BCUT2D eigenvalue weighted by molar-refractivity contribution is 7.90. The third-order valence-corrected chi connectivity index (χ3v) is 16.1. The molecule has 276 valence electrons. The van der Waals surface area contributed by atoms with Crippen molar-refractivity contribution in [3.8, 4) is 5.75 Å². The second-order valence-corrected chi connectivity index (χ2v) is 19.1. The van der Waals surface area contributed by atoms with Gasteiger partial charge < -0.3 is 19.5 Å². The fraction of sp³-hybridized carbons (Fsp3) is 0.718. The van der Waals surface area contributed by atoms with E-state index in [2.05, 4.69) is 33.6 Å². The van der Waals surface area contributed by atoms with Gasteiger partial charge in [-0.3, -0.25) is 9.69 Å². The topological polar surface area (TPSA) is 108 Å². The van der Waals surface area contributed by atoms with Crippen molar-refractivity contribution in [3.05, 3.63) is 46.5 Å². The molecular weight excluding hydrogens is 674 g/mol. The number of nitrogens with one attached hydrogen (secondary N) is 1. The highest BCUT2D eigenvalue weighted by atomic mass is 35.5. The quantitative estimate of drug-likeness (QED) is 0.376. The van der Waals surface area contributed by atoms with Gasteiger partial charge >= 0.3 is 0 Å². The molecule has 1 aromatic carbocycles. The van der Waals surface area contributed by atoms with Crippen LogP contribution in [0.3, 0.4) is 0 Å². The van der Waals surface area contributed by atoms with Crippen LogP contribution in [0.25, 0.3) is 0 Å². The molecule has 7 atom stereocenters. The average molecular weight is 730 g/mol. The summed E-state index contributed by atoms with van der Waals surface area (Å²) in [5.74, 6) is 0.339. The fourth-order valence-electron chi connectivity index (χ4n) is 10.0. The lowest BCUT2D eigenvalue weighted by molar-refractivity contribution is -0.101. The molecule has 2 bridgehead atoms. The number of ether oxygens (including phenoxy) is 2. The molecule has 3 heterocycles. The summed E-state index contributed by atoms with van der Waals surface area (Å²) in [6.45, 7) is 12.1. The van der Waals surface area contributed by atoms with Gasteiger partial charge in [0.05, 0.1) is 36.4 Å². The van der Waals surface area contributed by atoms with Crippen LogP contribution in [0.15, 0.2) is 41.0 Å². The van der Waals surface area contributed by atoms with Gasteiger partial charge in [-0.25, -0.2) is 13.1 Å². The Hall–Kier alpha value is -2.11. The molecule has 2 saturated carbocycles. The van der Waals surface area contributed by atoms with Gasteiger partial charge in [-0.05, 0) is 107 Å². The summed E-state index contributed by atoms with van der Waals surface area (Å²) in [4.78, 5) is 18.4. The van der Waals surface area contributed by atoms with Crippen LogP contribution in [0, 0.1) is 28.6 Å². The van der Waals surface area contributed by atoms with Crippen molar-refractivity contribution < 1.29 is 27.8 Å². The van der Waals surface area contributed by atoms with E-state index in [1.165, 1.54) is 5.57 Å². The first kappa shape index (κ1) is 36.3. The van der Waals surface area contributed by atoms with Crippen LogP contribution in [-0.4, -0.2) is 87.7 Å². The molecule has 9 nitrogen and oxygen atoms in total. The summed E-state index contributed by atoms with van der Waals surface area (Å²) in [5.41, 5.74) is 1.32. The van der Waals surface area contributed by atoms with Crippen LogP contribution in [0.2, 0.25) is 0 Å². The zero-order valence-corrected chi connectivity index (χ0v) is 31.7. The Balaban J connectivity index is 1.27. The molecule has 3 aliphatic heterocycles. The lowest BCUT2D eigenvalue weighted by atomic mass is 9.52. The van der Waals surface area contributed by atoms with Crippen molar-refractivity contribution in [3.63, 3.8) is 0 Å². The van der Waals surface area contributed by atoms with E-state index in [9.17, 15) is 18.3 Å². The molecule has 3 fully saturated rings. The van der Waals surface area contributed by atoms with E-state index >= 15 is 0 Å². The zero-order chi connectivity index (χ0) is 35.3. The van der Waals surface area contributed by atoms with Gasteiger partial charge in [0.25, 0.3) is 5.91 Å². The smallest absolute Gasteiger partial charge is 0.264 e. The van der Waals surface area contributed by atoms with Crippen LogP contribution in [-0.2, 0) is 14.8 Å². The van der Waals surface area contributed by atoms with Crippen LogP contribution < -0.4 is 14.4 Å². The van der Waals surface area contributed by atoms with Gasteiger partial charge in [0.1, 0.15) is 5.75 Å². The second kappa shape index (κ2) is 14.0. The predicted octanol–water partition coefficient (Wildman–Crippen LogP) is 6.26. The normalized spacial score (nSPS) is 37.9. The highest BCUT2D eigenvalue weighted by Crippen LogP contribution is 2.60. The average Bonchev–Trinajstić information content (AvgIpc) is 3.23. The van der Waals surface area contributed by atoms with E-state index in [1.54, 1.807) is 13.0 Å². The Morgan fingerprint density at radius 1 is 1.10 bits per heavy atom. The van der Waals surface area contributed by atoms with E-state index in [4.69, 9.17) is 21.1 Å². The SMILES string of the molecule is C[C@@H]1[C@@H](C)CCC[C@](O)(CCN2CCOCC2)[C@@H]2CC[C@H]2CN2C[C@@]3(CCCC4=CC(Cl)=CCC43C)COc3ccc(cc32)C(=O)NS1(=O)=O. The summed E-state index contributed by atoms with van der Waals surface area (Å²) in [7, 11) is -3.94. The minimum atomic E-state index is -3.94. The predicted molar refractivity (Wildman–Crippen MR) is 197 cm³/mol. The van der Waals surface area contributed by atoms with Gasteiger partial charge in [0.15, 0.2) is 0 Å². The number of sulfonamides is 1. The van der Waals surface area contributed by atoms with E-state index in [0.29, 0.717) is 37.2 Å². The van der Waals surface area contributed by atoms with Gasteiger partial charge in [-0.15, -0.1) is 0 Å². The fourth-order valence-corrected chi connectivity index (χ4v) is 11.5. The maximum Gasteiger partial charge on any atom is 0.264 e. The molecule has 0 aromatic heterocycles. The molecule has 11 heteroatoms. The Labute approximate surface area is 303 Å². The van der Waals surface area contributed by atoms with Crippen molar-refractivity contribution in [2.75, 3.05) is 57.4 Å². The number of nitrogens with zero attached hydrogens (tertiary/aromatic N) is 2. The number of allylic oxidation sites excluding steroid dienone is 4. The molecule has 1 spiro atoms. The van der Waals surface area contributed by atoms with Gasteiger partial charge in [0, 0.05) is 54.1 Å². The van der Waals surface area contributed by atoms with Crippen LogP contribution in [0.1, 0.15) is 95.3 Å². The van der Waals surface area contributed by atoms with E-state index < -0.39 is 26.8 Å². The lowest BCUT2D eigenvalue weighted by Gasteiger charge is -2.55. The molecule has 50 heavy (non-hydrogen) atoms. The monoisotopic (exact) mass is 729 g/mol. The number of morpholine rings is 1. The summed E-state index contributed by atoms with van der Waals surface area (Å²) >= 11 is 6.57. The van der Waals surface area contributed by atoms with Crippen molar-refractivity contribution in [1.82, 2.24) is 9.62 Å². The van der Waals surface area contributed by atoms with Crippen molar-refractivity contribution in [1.29, 1.82) is 0 Å². The number of carbonyl (C=O) groups is 1. The summed E-state index contributed by atoms with van der Waals surface area (Å²) in [6, 6.07) is 5.36. The number of carbonyl (C=O) groups excluding carboxylic acids is 1. The Kier molecular flexibility index (Phi) is 10.2. The first-order valence-electron chi connectivity index (χ1n) is 19.0. The maximum atomic E-state index is 13.6. The summed E-state index contributed by atoms with van der Waals surface area (Å²) < 4.78 is 41.8. The van der Waals surface area contributed by atoms with Gasteiger partial charge in [0.2, 0.25) is 10.0 Å². The van der Waals surface area contributed by atoms with Crippen molar-refractivity contribution in [2.24, 2.45) is 28.6 Å². The number of hydrogen-bond donors (Lipinski definition) is 2. The number of hydrogen-bond acceptors (Lipinski definition) is 8. The number of rotatable bonds is 3. The first-order valence-corrected chi connectivity index (χ1v) is 20.9. The van der Waals surface area contributed by atoms with Crippen LogP contribution in [0.4, 0.5) is 5.69 Å². The van der Waals surface area contributed by atoms with Gasteiger partial charge in [-0.2, -0.15) is 0 Å². The number of aliphatic hydroxyl groups is 1. The molecule has 6 aliphatic rings. The van der Waals surface area contributed by atoms with Crippen LogP contribution in [0.5, 0.6) is 5.75 Å². The zero-order valence-electron chi connectivity index (χ0n) is 30.1. The van der Waals surface area contributed by atoms with Gasteiger partial charge in [-0.1, -0.05) is 43.5 Å². The molecule has 1 aromatic rings. The first-order chi connectivity index (χ1) is 23.8. The Morgan fingerprint density at radius 2 is 1.90 bits per heavy atom.